The van der Waals surface area contributed by atoms with Crippen molar-refractivity contribution in [2.45, 2.75) is 32.4 Å². The molecule has 1 aromatic carbocycles. The fraction of sp³-hybridized carbons (Fsp3) is 0.368. The number of nitrogens with zero attached hydrogens (tertiary/aromatic N) is 3. The molecule has 0 bridgehead atoms. The number of hydrogen-bond acceptors (Lipinski definition) is 6. The van der Waals surface area contributed by atoms with Crippen molar-refractivity contribution in [3.8, 4) is 16.5 Å². The van der Waals surface area contributed by atoms with Crippen LogP contribution in [0.1, 0.15) is 37.3 Å². The Labute approximate surface area is 151 Å². The van der Waals surface area contributed by atoms with Crippen LogP contribution in [-0.4, -0.2) is 28.2 Å². The van der Waals surface area contributed by atoms with Crippen LogP contribution in [-0.2, 0) is 6.54 Å². The summed E-state index contributed by atoms with van der Waals surface area (Å²) in [5.74, 6) is 2.29. The highest BCUT2D eigenvalue weighted by molar-refractivity contribution is 7.13. The zero-order valence-electron chi connectivity index (χ0n) is 14.2. The largest absolute Gasteiger partial charge is 0.494 e. The van der Waals surface area contributed by atoms with Crippen LogP contribution in [0.15, 0.2) is 46.3 Å². The molecule has 4 rings (SSSR count). The molecule has 6 heteroatoms. The summed E-state index contributed by atoms with van der Waals surface area (Å²) in [6.45, 7) is 4.44. The van der Waals surface area contributed by atoms with E-state index in [2.05, 4.69) is 39.3 Å². The number of aromatic nitrogens is 2. The van der Waals surface area contributed by atoms with E-state index in [9.17, 15) is 0 Å². The molecule has 1 saturated heterocycles. The lowest BCUT2D eigenvalue weighted by atomic mass is 10.0. The van der Waals surface area contributed by atoms with E-state index >= 15 is 0 Å². The van der Waals surface area contributed by atoms with Crippen LogP contribution >= 0.6 is 11.3 Å². The van der Waals surface area contributed by atoms with Crippen LogP contribution in [0.5, 0.6) is 5.75 Å². The molecular formula is C19H21N3O2S. The lowest BCUT2D eigenvalue weighted by Gasteiger charge is -2.23. The lowest BCUT2D eigenvalue weighted by Crippen LogP contribution is -2.22. The maximum absolute atomic E-state index is 5.54. The normalized spacial score (nSPS) is 17.9. The summed E-state index contributed by atoms with van der Waals surface area (Å²) in [4.78, 5) is 8.01. The molecule has 0 radical (unpaired) electrons. The first kappa shape index (κ1) is 16.3. The first-order valence-corrected chi connectivity index (χ1v) is 9.54. The molecular weight excluding hydrogens is 334 g/mol. The summed E-state index contributed by atoms with van der Waals surface area (Å²) < 4.78 is 11.0. The van der Waals surface area contributed by atoms with Crippen molar-refractivity contribution in [2.75, 3.05) is 13.2 Å². The van der Waals surface area contributed by atoms with E-state index in [0.29, 0.717) is 30.9 Å². The Morgan fingerprint density at radius 1 is 1.28 bits per heavy atom. The highest BCUT2D eigenvalue weighted by atomic mass is 32.1. The van der Waals surface area contributed by atoms with E-state index in [1.165, 1.54) is 12.0 Å². The van der Waals surface area contributed by atoms with Gasteiger partial charge in [0.15, 0.2) is 0 Å². The Balaban J connectivity index is 1.46. The first-order chi connectivity index (χ1) is 12.3. The zero-order valence-corrected chi connectivity index (χ0v) is 15.0. The summed E-state index contributed by atoms with van der Waals surface area (Å²) in [5.41, 5.74) is 1.32. The van der Waals surface area contributed by atoms with Gasteiger partial charge in [-0.2, -0.15) is 4.98 Å². The smallest absolute Gasteiger partial charge is 0.241 e. The fourth-order valence-corrected chi connectivity index (χ4v) is 3.99. The van der Waals surface area contributed by atoms with Crippen molar-refractivity contribution >= 4 is 11.3 Å². The third-order valence-electron chi connectivity index (χ3n) is 4.49. The third-order valence-corrected chi connectivity index (χ3v) is 5.35. The summed E-state index contributed by atoms with van der Waals surface area (Å²) in [5, 5.41) is 6.13. The van der Waals surface area contributed by atoms with Crippen molar-refractivity contribution < 1.29 is 9.26 Å². The molecule has 1 atom stereocenters. The molecule has 3 heterocycles. The second-order valence-electron chi connectivity index (χ2n) is 6.12. The molecule has 1 fully saturated rings. The number of hydrogen-bond donors (Lipinski definition) is 0. The van der Waals surface area contributed by atoms with Gasteiger partial charge in [0.2, 0.25) is 11.7 Å². The Morgan fingerprint density at radius 3 is 2.92 bits per heavy atom. The van der Waals surface area contributed by atoms with Gasteiger partial charge in [-0.05, 0) is 55.5 Å². The van der Waals surface area contributed by atoms with Crippen LogP contribution in [0.2, 0.25) is 0 Å². The Bertz CT molecular complexity index is 798. The number of ether oxygens (including phenoxy) is 1. The maximum Gasteiger partial charge on any atom is 0.241 e. The van der Waals surface area contributed by atoms with Gasteiger partial charge in [-0.1, -0.05) is 23.4 Å². The molecule has 130 valence electrons. The highest BCUT2D eigenvalue weighted by Gasteiger charge is 2.27. The van der Waals surface area contributed by atoms with E-state index in [1.807, 2.05) is 24.4 Å². The van der Waals surface area contributed by atoms with Crippen LogP contribution in [0, 0.1) is 0 Å². The maximum atomic E-state index is 5.54. The molecule has 1 aliphatic heterocycles. The standard InChI is InChI=1S/C19H21N3O2S/c1-2-23-15-9-7-14(8-10-15)16-5-3-11-22(16)13-18-20-19(21-24-18)17-6-4-12-25-17/h4,6-10,12,16H,2-3,5,11,13H2,1H3. The minimum atomic E-state index is 0.396. The minimum Gasteiger partial charge on any atom is -0.494 e. The van der Waals surface area contributed by atoms with E-state index in [4.69, 9.17) is 9.26 Å². The Morgan fingerprint density at radius 2 is 2.16 bits per heavy atom. The molecule has 25 heavy (non-hydrogen) atoms. The SMILES string of the molecule is CCOc1ccc(C2CCCN2Cc2nc(-c3cccs3)no2)cc1. The van der Waals surface area contributed by atoms with Crippen molar-refractivity contribution in [3.05, 3.63) is 53.2 Å². The van der Waals surface area contributed by atoms with Gasteiger partial charge in [-0.25, -0.2) is 0 Å². The average Bonchev–Trinajstić information content (AvgIpc) is 3.38. The molecule has 5 nitrogen and oxygen atoms in total. The highest BCUT2D eigenvalue weighted by Crippen LogP contribution is 2.34. The Hall–Kier alpha value is -2.18. The zero-order chi connectivity index (χ0) is 17.1. The molecule has 0 aliphatic carbocycles. The van der Waals surface area contributed by atoms with Crippen LogP contribution < -0.4 is 4.74 Å². The second kappa shape index (κ2) is 7.37. The van der Waals surface area contributed by atoms with Gasteiger partial charge in [0, 0.05) is 6.04 Å². The van der Waals surface area contributed by atoms with Crippen molar-refractivity contribution in [3.63, 3.8) is 0 Å². The van der Waals surface area contributed by atoms with Gasteiger partial charge in [0.05, 0.1) is 18.0 Å². The number of rotatable bonds is 6. The molecule has 0 N–H and O–H groups in total. The topological polar surface area (TPSA) is 51.4 Å². The summed E-state index contributed by atoms with van der Waals surface area (Å²) in [6.07, 6.45) is 2.34. The minimum absolute atomic E-state index is 0.396. The Kier molecular flexibility index (Phi) is 4.81. The summed E-state index contributed by atoms with van der Waals surface area (Å²) in [7, 11) is 0. The second-order valence-corrected chi connectivity index (χ2v) is 7.07. The predicted molar refractivity (Wildman–Crippen MR) is 97.6 cm³/mol. The van der Waals surface area contributed by atoms with E-state index < -0.39 is 0 Å². The van der Waals surface area contributed by atoms with Gasteiger partial charge in [0.25, 0.3) is 0 Å². The summed E-state index contributed by atoms with van der Waals surface area (Å²) in [6, 6.07) is 12.8. The average molecular weight is 355 g/mol. The number of likely N-dealkylation sites (tertiary alicyclic amines) is 1. The van der Waals surface area contributed by atoms with Crippen molar-refractivity contribution in [2.24, 2.45) is 0 Å². The van der Waals surface area contributed by atoms with Crippen LogP contribution in [0.4, 0.5) is 0 Å². The van der Waals surface area contributed by atoms with E-state index in [1.54, 1.807) is 11.3 Å². The number of benzene rings is 1. The quantitative estimate of drug-likeness (QED) is 0.650. The van der Waals surface area contributed by atoms with Gasteiger partial charge in [-0.3, -0.25) is 4.90 Å². The number of thiophene rings is 1. The third kappa shape index (κ3) is 3.60. The molecule has 1 unspecified atom stereocenters. The summed E-state index contributed by atoms with van der Waals surface area (Å²) >= 11 is 1.62. The lowest BCUT2D eigenvalue weighted by molar-refractivity contribution is 0.212. The predicted octanol–water partition coefficient (Wildman–Crippen LogP) is 4.53. The van der Waals surface area contributed by atoms with Gasteiger partial charge in [0.1, 0.15) is 5.75 Å². The van der Waals surface area contributed by atoms with Crippen molar-refractivity contribution in [1.29, 1.82) is 0 Å². The molecule has 1 aliphatic rings. The van der Waals surface area contributed by atoms with Gasteiger partial charge < -0.3 is 9.26 Å². The van der Waals surface area contributed by atoms with Crippen molar-refractivity contribution in [1.82, 2.24) is 15.0 Å². The molecule has 0 amide bonds. The first-order valence-electron chi connectivity index (χ1n) is 8.67. The molecule has 0 saturated carbocycles. The molecule has 0 spiro atoms. The fourth-order valence-electron chi connectivity index (χ4n) is 3.34. The molecule has 3 aromatic rings. The van der Waals surface area contributed by atoms with Crippen LogP contribution in [0.3, 0.4) is 0 Å². The molecule has 2 aromatic heterocycles. The van der Waals surface area contributed by atoms with E-state index in [0.717, 1.165) is 23.6 Å². The van der Waals surface area contributed by atoms with E-state index in [-0.39, 0.29) is 0 Å². The van der Waals surface area contributed by atoms with Gasteiger partial charge >= 0.3 is 0 Å². The van der Waals surface area contributed by atoms with Gasteiger partial charge in [-0.15, -0.1) is 11.3 Å². The monoisotopic (exact) mass is 355 g/mol. The van der Waals surface area contributed by atoms with Crippen LogP contribution in [0.25, 0.3) is 10.7 Å².